The van der Waals surface area contributed by atoms with Gasteiger partial charge in [0.1, 0.15) is 0 Å². The van der Waals surface area contributed by atoms with Gasteiger partial charge in [0.2, 0.25) is 0 Å². The molecule has 0 saturated carbocycles. The molecule has 2 heteroatoms. The van der Waals surface area contributed by atoms with Crippen LogP contribution in [0.4, 0.5) is 0 Å². The summed E-state index contributed by atoms with van der Waals surface area (Å²) in [6, 6.07) is 0. The Labute approximate surface area is 81.4 Å². The molecular weight excluding hydrogens is 273 g/mol. The zero-order valence-corrected chi connectivity index (χ0v) is 12.9. The summed E-state index contributed by atoms with van der Waals surface area (Å²) < 4.78 is 0. The average molecular weight is 283 g/mol. The zero-order chi connectivity index (χ0) is 4.00. The fourth-order valence-electron chi connectivity index (χ4n) is 0. The van der Waals surface area contributed by atoms with Crippen LogP contribution in [0.3, 0.4) is 0 Å². The van der Waals surface area contributed by atoms with Crippen LogP contribution < -0.4 is 0 Å². The van der Waals surface area contributed by atoms with Crippen LogP contribution >= 0.6 is 0 Å². The van der Waals surface area contributed by atoms with Gasteiger partial charge >= 0.3 is 27.3 Å². The van der Waals surface area contributed by atoms with E-state index in [1.165, 1.54) is 0 Å². The molecule has 0 bridgehead atoms. The molecule has 30 valence electrons. The van der Waals surface area contributed by atoms with E-state index in [4.69, 9.17) is 0 Å². The van der Waals surface area contributed by atoms with E-state index in [0.717, 1.165) is 0 Å². The molecular formula is C4H10Cd2. The topological polar surface area (TPSA) is 0 Å². The number of hydrogen-bond acceptors (Lipinski definition) is 0. The normalized spacial score (nSPS) is 2.00. The van der Waals surface area contributed by atoms with Gasteiger partial charge in [-0.25, -0.2) is 0 Å². The van der Waals surface area contributed by atoms with Crippen molar-refractivity contribution in [3.05, 3.63) is 13.8 Å². The number of rotatable bonds is 0. The van der Waals surface area contributed by atoms with Crippen LogP contribution in [0.5, 0.6) is 0 Å². The molecule has 0 fully saturated rings. The monoisotopic (exact) mass is 286 g/mol. The van der Waals surface area contributed by atoms with E-state index in [1.807, 2.05) is 0 Å². The summed E-state index contributed by atoms with van der Waals surface area (Å²) in [5, 5.41) is 0. The molecule has 0 aromatic rings. The third-order valence-corrected chi connectivity index (χ3v) is 0. The van der Waals surface area contributed by atoms with Crippen LogP contribution in [0.25, 0.3) is 0 Å². The zero-order valence-electron chi connectivity index (χ0n) is 4.83. The molecule has 0 spiro atoms. The van der Waals surface area contributed by atoms with Crippen molar-refractivity contribution in [1.82, 2.24) is 0 Å². The van der Waals surface area contributed by atoms with Crippen molar-refractivity contribution in [2.24, 2.45) is 0 Å². The molecule has 0 aromatic carbocycles. The van der Waals surface area contributed by atoms with Crippen molar-refractivity contribution in [2.75, 3.05) is 0 Å². The molecule has 0 heterocycles. The molecule has 0 saturated heterocycles. The Kier molecular flexibility index (Phi) is 285. The first-order chi connectivity index (χ1) is 2.00. The van der Waals surface area contributed by atoms with Crippen LogP contribution in [0.15, 0.2) is 0 Å². The summed E-state index contributed by atoms with van der Waals surface area (Å²) in [5.41, 5.74) is 0. The van der Waals surface area contributed by atoms with Gasteiger partial charge in [-0.1, -0.05) is 0 Å². The van der Waals surface area contributed by atoms with E-state index in [9.17, 15) is 0 Å². The van der Waals surface area contributed by atoms with Crippen molar-refractivity contribution >= 4 is 0 Å². The third kappa shape index (κ3) is 40.3. The van der Waals surface area contributed by atoms with Gasteiger partial charge in [0.15, 0.2) is 0 Å². The van der Waals surface area contributed by atoms with Gasteiger partial charge in [-0.3, -0.25) is 0 Å². The minimum Gasteiger partial charge on any atom is -0.346 e. The molecule has 0 rings (SSSR count). The molecule has 0 aliphatic carbocycles. The molecule has 0 amide bonds. The first kappa shape index (κ1) is 24.9. The number of hydrogen-bond donors (Lipinski definition) is 0. The van der Waals surface area contributed by atoms with E-state index in [0.29, 0.717) is 0 Å². The fraction of sp³-hybridized carbons (Fsp3) is 0.500. The summed E-state index contributed by atoms with van der Waals surface area (Å²) in [4.78, 5) is 0. The van der Waals surface area contributed by atoms with E-state index in [-0.39, 0.29) is 54.6 Å². The Hall–Kier alpha value is 1.84. The summed E-state index contributed by atoms with van der Waals surface area (Å²) >= 11 is 0. The van der Waals surface area contributed by atoms with Gasteiger partial charge in [0, 0.05) is 27.3 Å². The second-order valence-corrected chi connectivity index (χ2v) is 0. The van der Waals surface area contributed by atoms with Crippen molar-refractivity contribution in [3.63, 3.8) is 0 Å². The average Bonchev–Trinajstić information content (AvgIpc) is 1.50. The van der Waals surface area contributed by atoms with Gasteiger partial charge in [-0.2, -0.15) is 13.8 Å². The van der Waals surface area contributed by atoms with Gasteiger partial charge < -0.3 is 13.8 Å². The van der Waals surface area contributed by atoms with Gasteiger partial charge in [0.25, 0.3) is 0 Å². The molecule has 0 N–H and O–H groups in total. The minimum absolute atomic E-state index is 0. The molecule has 0 radical (unpaired) electrons. The summed E-state index contributed by atoms with van der Waals surface area (Å²) in [6.07, 6.45) is 0. The van der Waals surface area contributed by atoms with Gasteiger partial charge in [-0.05, 0) is 0 Å². The molecule has 0 unspecified atom stereocenters. The van der Waals surface area contributed by atoms with Crippen molar-refractivity contribution in [3.8, 4) is 0 Å². The Balaban J connectivity index is -0.00000000500. The Morgan fingerprint density at radius 2 is 0.833 bits per heavy atom. The van der Waals surface area contributed by atoms with Crippen molar-refractivity contribution in [2.45, 2.75) is 13.8 Å². The van der Waals surface area contributed by atoms with Gasteiger partial charge in [-0.15, -0.1) is 0 Å². The Bertz CT molecular complexity index is 5.51. The smallest absolute Gasteiger partial charge is 0.346 e. The molecule has 0 aliphatic rings. The maximum absolute atomic E-state index is 3.25. The Morgan fingerprint density at radius 3 is 0.833 bits per heavy atom. The molecule has 0 aliphatic heterocycles. The van der Waals surface area contributed by atoms with Gasteiger partial charge in [0.05, 0.1) is 0 Å². The second kappa shape index (κ2) is 68.7. The fourth-order valence-corrected chi connectivity index (χ4v) is 0. The summed E-state index contributed by atoms with van der Waals surface area (Å²) in [5.74, 6) is 0. The van der Waals surface area contributed by atoms with Crippen LogP contribution in [0.2, 0.25) is 0 Å². The minimum atomic E-state index is 0. The molecule has 0 aromatic heterocycles. The SMILES string of the molecule is [CH2-]C.[CH2-]C.[Cd+2].[Cd]. The van der Waals surface area contributed by atoms with E-state index in [2.05, 4.69) is 13.8 Å². The maximum atomic E-state index is 3.25. The molecule has 6 heavy (non-hydrogen) atoms. The summed E-state index contributed by atoms with van der Waals surface area (Å²) in [7, 11) is 0. The van der Waals surface area contributed by atoms with E-state index < -0.39 is 0 Å². The Morgan fingerprint density at radius 1 is 0.833 bits per heavy atom. The largest absolute Gasteiger partial charge is 2.00 e. The van der Waals surface area contributed by atoms with E-state index >= 15 is 0 Å². The molecule has 0 nitrogen and oxygen atoms in total. The van der Waals surface area contributed by atoms with E-state index in [1.54, 1.807) is 13.8 Å². The quantitative estimate of drug-likeness (QED) is 0.468. The first-order valence-electron chi connectivity index (χ1n) is 1.41. The maximum Gasteiger partial charge on any atom is 2.00 e. The standard InChI is InChI=1S/2C2H5.2Cd/c2*1-2;;/h2*1H2,2H3;;/q2*-1;;+2. The second-order valence-electron chi connectivity index (χ2n) is 0. The van der Waals surface area contributed by atoms with Crippen LogP contribution in [-0.2, 0) is 54.6 Å². The summed E-state index contributed by atoms with van der Waals surface area (Å²) in [6.45, 7) is 10.0. The van der Waals surface area contributed by atoms with Crippen molar-refractivity contribution < 1.29 is 54.6 Å². The predicted molar refractivity (Wildman–Crippen MR) is 22.1 cm³/mol. The van der Waals surface area contributed by atoms with Crippen LogP contribution in [0, 0.1) is 13.8 Å². The molecule has 0 atom stereocenters. The van der Waals surface area contributed by atoms with Crippen LogP contribution in [-0.4, -0.2) is 0 Å². The van der Waals surface area contributed by atoms with Crippen molar-refractivity contribution in [1.29, 1.82) is 0 Å². The van der Waals surface area contributed by atoms with Crippen LogP contribution in [0.1, 0.15) is 13.8 Å². The predicted octanol–water partition coefficient (Wildman–Crippen LogP) is 1.68. The third-order valence-electron chi connectivity index (χ3n) is 0. The first-order valence-corrected chi connectivity index (χ1v) is 1.41.